The van der Waals surface area contributed by atoms with Gasteiger partial charge in [0.05, 0.1) is 5.56 Å². The highest BCUT2D eigenvalue weighted by molar-refractivity contribution is 5.91. The van der Waals surface area contributed by atoms with E-state index in [9.17, 15) is 71.2 Å². The molecule has 0 aliphatic carbocycles. The van der Waals surface area contributed by atoms with Crippen molar-refractivity contribution in [2.75, 3.05) is 0 Å². The van der Waals surface area contributed by atoms with Gasteiger partial charge in [0.25, 0.3) is 0 Å². The summed E-state index contributed by atoms with van der Waals surface area (Å²) in [6.45, 7) is 0. The van der Waals surface area contributed by atoms with Crippen LogP contribution in [0.1, 0.15) is 56.3 Å². The van der Waals surface area contributed by atoms with Crippen LogP contribution in [-0.4, -0.2) is 84.6 Å². The molecule has 5 unspecified atom stereocenters. The van der Waals surface area contributed by atoms with Crippen LogP contribution in [0, 0.1) is 0 Å². The Kier molecular flexibility index (Phi) is 8.29. The van der Waals surface area contributed by atoms with Crippen molar-refractivity contribution >= 4 is 5.97 Å². The molecule has 54 heavy (non-hydrogen) atoms. The van der Waals surface area contributed by atoms with Crippen LogP contribution < -0.4 is 9.47 Å². The van der Waals surface area contributed by atoms with Gasteiger partial charge in [0.2, 0.25) is 0 Å². The number of esters is 1. The number of aromatic hydroxyl groups is 12. The molecule has 2 aliphatic heterocycles. The van der Waals surface area contributed by atoms with Crippen LogP contribution in [0.4, 0.5) is 0 Å². The molecule has 2 heterocycles. The quantitative estimate of drug-likeness (QED) is 0.0901. The fraction of sp³-hybridized carbons (Fsp3) is 0.162. The van der Waals surface area contributed by atoms with Gasteiger partial charge in [-0.1, -0.05) is 6.07 Å². The van der Waals surface area contributed by atoms with Crippen molar-refractivity contribution in [1.29, 1.82) is 0 Å². The molecule has 0 amide bonds. The fourth-order valence-electron chi connectivity index (χ4n) is 6.76. The minimum Gasteiger partial charge on any atom is -0.508 e. The summed E-state index contributed by atoms with van der Waals surface area (Å²) in [6.07, 6.45) is -6.58. The monoisotopic (exact) mass is 746 g/mol. The molecular formula is C37H30O17. The molecule has 2 aliphatic rings. The largest absolute Gasteiger partial charge is 0.508 e. The van der Waals surface area contributed by atoms with Gasteiger partial charge in [0.1, 0.15) is 41.0 Å². The second-order valence-electron chi connectivity index (χ2n) is 12.7. The molecule has 0 saturated heterocycles. The summed E-state index contributed by atoms with van der Waals surface area (Å²) >= 11 is 0. The van der Waals surface area contributed by atoms with Crippen LogP contribution in [0.5, 0.6) is 80.5 Å². The number of rotatable bonds is 5. The van der Waals surface area contributed by atoms with E-state index in [0.29, 0.717) is 0 Å². The van der Waals surface area contributed by atoms with E-state index in [-0.39, 0.29) is 45.1 Å². The third-order valence-electron chi connectivity index (χ3n) is 9.32. The second kappa shape index (κ2) is 12.7. The van der Waals surface area contributed by atoms with Crippen LogP contribution in [0.2, 0.25) is 0 Å². The first kappa shape index (κ1) is 35.1. The molecule has 7 rings (SSSR count). The van der Waals surface area contributed by atoms with E-state index in [0.717, 1.165) is 42.5 Å². The molecule has 0 saturated carbocycles. The number of aliphatic hydroxyl groups is 1. The number of phenolic OH excluding ortho intramolecular Hbond substituents is 12. The zero-order valence-electron chi connectivity index (χ0n) is 27.3. The third-order valence-corrected chi connectivity index (χ3v) is 9.32. The van der Waals surface area contributed by atoms with Gasteiger partial charge >= 0.3 is 5.97 Å². The molecule has 0 aromatic heterocycles. The molecule has 0 fully saturated rings. The first-order valence-electron chi connectivity index (χ1n) is 15.9. The fourth-order valence-corrected chi connectivity index (χ4v) is 6.76. The molecule has 5 aromatic carbocycles. The van der Waals surface area contributed by atoms with Gasteiger partial charge < -0.3 is 80.6 Å². The highest BCUT2D eigenvalue weighted by Crippen LogP contribution is 2.56. The first-order chi connectivity index (χ1) is 25.5. The molecule has 0 bridgehead atoms. The topological polar surface area (TPSA) is 308 Å². The summed E-state index contributed by atoms with van der Waals surface area (Å²) < 4.78 is 18.1. The van der Waals surface area contributed by atoms with Crippen molar-refractivity contribution in [3.8, 4) is 80.5 Å². The number of ether oxygens (including phenoxy) is 3. The molecule has 17 nitrogen and oxygen atoms in total. The number of phenols is 12. The SMILES string of the molecule is O=C(OC1Cc2c(O)cc(O)c(C3c4ccc(O)cc4OC(c4cc(O)c(O)c(O)c4)C3O)c2OC1c1cc(O)c(O)c(O)c1)c1cc(O)c(O)c(O)c1. The van der Waals surface area contributed by atoms with Gasteiger partial charge in [0.15, 0.2) is 64.0 Å². The van der Waals surface area contributed by atoms with E-state index < -0.39 is 112 Å². The Hall–Kier alpha value is -7.27. The maximum absolute atomic E-state index is 13.4. The standard InChI is InChI=1S/C37H30O17/c38-15-1-2-16-26(9-15)52-35(13-5-22(43)31(48)23(44)6-13)33(50)28(16)29-19(40)11-18(39)17-10-27(53-37(51)14-7-24(45)32(49)25(46)8-14)34(54-36(17)29)12-3-20(41)30(47)21(42)4-12/h1-9,11,27-28,33-35,38-50H,10H2. The van der Waals surface area contributed by atoms with Crippen molar-refractivity contribution in [1.82, 2.24) is 0 Å². The number of hydrogen-bond donors (Lipinski definition) is 13. The summed E-state index contributed by atoms with van der Waals surface area (Å²) in [5.74, 6) is -11.8. The molecule has 0 radical (unpaired) electrons. The van der Waals surface area contributed by atoms with E-state index in [1.807, 2.05) is 0 Å². The molecule has 5 atom stereocenters. The average molecular weight is 747 g/mol. The lowest BCUT2D eigenvalue weighted by molar-refractivity contribution is -0.0210. The van der Waals surface area contributed by atoms with Gasteiger partial charge in [-0.15, -0.1) is 0 Å². The summed E-state index contributed by atoms with van der Waals surface area (Å²) in [7, 11) is 0. The molecule has 5 aromatic rings. The number of carbonyl (C=O) groups excluding carboxylic acids is 1. The maximum Gasteiger partial charge on any atom is 0.338 e. The minimum absolute atomic E-state index is 0.0310. The average Bonchev–Trinajstić information content (AvgIpc) is 3.11. The van der Waals surface area contributed by atoms with E-state index in [4.69, 9.17) is 14.2 Å². The zero-order valence-corrected chi connectivity index (χ0v) is 27.3. The van der Waals surface area contributed by atoms with Crippen molar-refractivity contribution in [3.63, 3.8) is 0 Å². The van der Waals surface area contributed by atoms with E-state index in [1.54, 1.807) is 0 Å². The second-order valence-corrected chi connectivity index (χ2v) is 12.7. The van der Waals surface area contributed by atoms with E-state index in [1.165, 1.54) is 18.2 Å². The Morgan fingerprint density at radius 1 is 0.593 bits per heavy atom. The Labute approximate surface area is 302 Å². The smallest absolute Gasteiger partial charge is 0.338 e. The van der Waals surface area contributed by atoms with Gasteiger partial charge in [-0.2, -0.15) is 0 Å². The summed E-state index contributed by atoms with van der Waals surface area (Å²) in [6, 6.07) is 10.4. The van der Waals surface area contributed by atoms with E-state index in [2.05, 4.69) is 0 Å². The lowest BCUT2D eigenvalue weighted by atomic mass is 9.77. The van der Waals surface area contributed by atoms with Crippen molar-refractivity contribution < 1.29 is 85.4 Å². The predicted molar refractivity (Wildman–Crippen MR) is 180 cm³/mol. The summed E-state index contributed by atoms with van der Waals surface area (Å²) in [4.78, 5) is 13.4. The Bertz CT molecular complexity index is 2290. The lowest BCUT2D eigenvalue weighted by Gasteiger charge is -2.40. The Balaban J connectivity index is 1.39. The number of carbonyl (C=O) groups is 1. The van der Waals surface area contributed by atoms with E-state index >= 15 is 0 Å². The number of benzene rings is 5. The van der Waals surface area contributed by atoms with Crippen LogP contribution in [0.15, 0.2) is 60.7 Å². The van der Waals surface area contributed by atoms with Crippen molar-refractivity contribution in [3.05, 3.63) is 94.0 Å². The van der Waals surface area contributed by atoms with Crippen molar-refractivity contribution in [2.45, 2.75) is 36.8 Å². The van der Waals surface area contributed by atoms with Gasteiger partial charge in [-0.25, -0.2) is 4.79 Å². The molecule has 280 valence electrons. The van der Waals surface area contributed by atoms with Gasteiger partial charge in [0, 0.05) is 52.3 Å². The Morgan fingerprint density at radius 2 is 1.11 bits per heavy atom. The minimum atomic E-state index is -1.71. The molecule has 0 spiro atoms. The zero-order chi connectivity index (χ0) is 38.9. The van der Waals surface area contributed by atoms with Crippen LogP contribution in [-0.2, 0) is 11.2 Å². The van der Waals surface area contributed by atoms with Crippen LogP contribution in [0.3, 0.4) is 0 Å². The molecule has 17 heteroatoms. The predicted octanol–water partition coefficient (Wildman–Crippen LogP) is 3.68. The Morgan fingerprint density at radius 3 is 1.67 bits per heavy atom. The summed E-state index contributed by atoms with van der Waals surface area (Å²) in [5.41, 5.74) is -0.681. The molecular weight excluding hydrogens is 716 g/mol. The normalized spacial score (nSPS) is 20.2. The van der Waals surface area contributed by atoms with Gasteiger partial charge in [-0.3, -0.25) is 0 Å². The van der Waals surface area contributed by atoms with Crippen LogP contribution >= 0.6 is 0 Å². The number of fused-ring (bicyclic) bond motifs is 2. The maximum atomic E-state index is 13.4. The van der Waals surface area contributed by atoms with Gasteiger partial charge in [-0.05, 0) is 42.5 Å². The lowest BCUT2D eigenvalue weighted by Crippen LogP contribution is -2.38. The number of aliphatic hydroxyl groups excluding tert-OH is 1. The number of hydrogen-bond acceptors (Lipinski definition) is 17. The van der Waals surface area contributed by atoms with Crippen LogP contribution in [0.25, 0.3) is 0 Å². The highest BCUT2D eigenvalue weighted by Gasteiger charge is 2.46. The third kappa shape index (κ3) is 5.77. The summed E-state index contributed by atoms with van der Waals surface area (Å²) in [5, 5.41) is 136. The first-order valence-corrected chi connectivity index (χ1v) is 15.9. The highest BCUT2D eigenvalue weighted by atomic mass is 16.6. The van der Waals surface area contributed by atoms with Crippen molar-refractivity contribution in [2.24, 2.45) is 0 Å². The molecule has 13 N–H and O–H groups in total.